The molecule has 1 amide bonds. The Morgan fingerprint density at radius 3 is 2.31 bits per heavy atom. The normalized spacial score (nSPS) is 11.1. The first-order valence-corrected chi connectivity index (χ1v) is 8.78. The van der Waals surface area contributed by atoms with Crippen LogP contribution in [0.25, 0.3) is 11.0 Å². The highest BCUT2D eigenvalue weighted by molar-refractivity contribution is 7.90. The molecule has 2 aromatic carbocycles. The van der Waals surface area contributed by atoms with Crippen molar-refractivity contribution in [3.63, 3.8) is 0 Å². The number of amides is 1. The zero-order valence-electron chi connectivity index (χ0n) is 13.3. The van der Waals surface area contributed by atoms with Crippen molar-refractivity contribution in [1.82, 2.24) is 9.97 Å². The van der Waals surface area contributed by atoms with Gasteiger partial charge in [0.1, 0.15) is 5.69 Å². The Morgan fingerprint density at radius 2 is 1.65 bits per heavy atom. The average Bonchev–Trinajstić information content (AvgIpc) is 2.60. The molecule has 5 N–H and O–H groups in total. The molecule has 0 radical (unpaired) electrons. The molecule has 0 saturated heterocycles. The second-order valence-electron chi connectivity index (χ2n) is 5.21. The fourth-order valence-corrected chi connectivity index (χ4v) is 3.03. The molecule has 0 spiro atoms. The summed E-state index contributed by atoms with van der Waals surface area (Å²) in [6.07, 6.45) is 1.37. The van der Waals surface area contributed by atoms with Crippen LogP contribution in [0.3, 0.4) is 0 Å². The fraction of sp³-hybridized carbons (Fsp3) is 0. The molecule has 0 bridgehead atoms. The van der Waals surface area contributed by atoms with Gasteiger partial charge in [-0.1, -0.05) is 12.1 Å². The predicted molar refractivity (Wildman–Crippen MR) is 96.9 cm³/mol. The molecule has 0 aliphatic rings. The lowest BCUT2D eigenvalue weighted by atomic mass is 10.3. The van der Waals surface area contributed by atoms with Crippen LogP contribution in [-0.4, -0.2) is 30.3 Å². The van der Waals surface area contributed by atoms with Gasteiger partial charge in [0.15, 0.2) is 0 Å². The number of carbonyl (C=O) groups is 1. The Labute approximate surface area is 148 Å². The molecule has 1 heterocycles. The number of fused-ring (bicyclic) bond motifs is 1. The quantitative estimate of drug-likeness (QED) is 0.454. The van der Waals surface area contributed by atoms with E-state index in [1.165, 1.54) is 30.5 Å². The van der Waals surface area contributed by atoms with Gasteiger partial charge in [-0.15, -0.1) is 4.40 Å². The van der Waals surface area contributed by atoms with Crippen molar-refractivity contribution >= 4 is 38.6 Å². The molecule has 0 saturated carbocycles. The van der Waals surface area contributed by atoms with Crippen LogP contribution in [0.4, 0.5) is 5.69 Å². The summed E-state index contributed by atoms with van der Waals surface area (Å²) in [5.74, 6) is -1.03. The maximum Gasteiger partial charge on any atom is 0.285 e. The van der Waals surface area contributed by atoms with E-state index < -0.39 is 21.9 Å². The summed E-state index contributed by atoms with van der Waals surface area (Å²) in [5.41, 5.74) is 12.0. The van der Waals surface area contributed by atoms with Crippen LogP contribution in [0.15, 0.2) is 64.0 Å². The summed E-state index contributed by atoms with van der Waals surface area (Å²) in [7, 11) is -3.98. The van der Waals surface area contributed by atoms with Gasteiger partial charge in [-0.05, 0) is 36.4 Å². The number of nitrogens with two attached hydrogens (primary N) is 2. The fourth-order valence-electron chi connectivity index (χ4n) is 2.16. The van der Waals surface area contributed by atoms with Crippen molar-refractivity contribution in [1.29, 1.82) is 0 Å². The van der Waals surface area contributed by atoms with E-state index in [0.717, 1.165) is 0 Å². The van der Waals surface area contributed by atoms with E-state index in [9.17, 15) is 13.2 Å². The Kier molecular flexibility index (Phi) is 4.50. The number of rotatable bonds is 4. The number of sulfonamides is 1. The number of nitrogens with one attached hydrogen (secondary N) is 1. The average molecular weight is 370 g/mol. The number of para-hydroxylation sites is 2. The molecule has 1 aromatic heterocycles. The number of aromatic nitrogens is 2. The first-order chi connectivity index (χ1) is 12.3. The molecule has 132 valence electrons. The van der Waals surface area contributed by atoms with Gasteiger partial charge in [0.05, 0.1) is 22.1 Å². The van der Waals surface area contributed by atoms with Gasteiger partial charge in [-0.2, -0.15) is 8.42 Å². The minimum atomic E-state index is -3.98. The van der Waals surface area contributed by atoms with Gasteiger partial charge in [0.2, 0.25) is 5.96 Å². The van der Waals surface area contributed by atoms with Crippen LogP contribution in [0.1, 0.15) is 10.5 Å². The van der Waals surface area contributed by atoms with Crippen LogP contribution in [0.5, 0.6) is 0 Å². The molecule has 0 aliphatic carbocycles. The van der Waals surface area contributed by atoms with Gasteiger partial charge in [-0.3, -0.25) is 9.78 Å². The van der Waals surface area contributed by atoms with E-state index in [4.69, 9.17) is 11.5 Å². The minimum absolute atomic E-state index is 0.102. The topological polar surface area (TPSA) is 153 Å². The third-order valence-electron chi connectivity index (χ3n) is 3.32. The molecule has 3 aromatic rings. The molecule has 0 unspecified atom stereocenters. The molecule has 26 heavy (non-hydrogen) atoms. The van der Waals surface area contributed by atoms with Crippen LogP contribution >= 0.6 is 0 Å². The molecule has 0 atom stereocenters. The second kappa shape index (κ2) is 6.76. The third-order valence-corrected chi connectivity index (χ3v) is 4.64. The number of benzene rings is 2. The van der Waals surface area contributed by atoms with Gasteiger partial charge in [0.25, 0.3) is 15.9 Å². The van der Waals surface area contributed by atoms with E-state index >= 15 is 0 Å². The molecule has 10 heteroatoms. The molecule has 0 fully saturated rings. The third kappa shape index (κ3) is 3.75. The van der Waals surface area contributed by atoms with E-state index in [-0.39, 0.29) is 10.6 Å². The predicted octanol–water partition coefficient (Wildman–Crippen LogP) is 0.844. The van der Waals surface area contributed by atoms with Crippen molar-refractivity contribution in [3.8, 4) is 0 Å². The molecular formula is C16H14N6O3S. The maximum absolute atomic E-state index is 12.3. The highest BCUT2D eigenvalue weighted by Gasteiger charge is 2.14. The Morgan fingerprint density at radius 1 is 1.00 bits per heavy atom. The van der Waals surface area contributed by atoms with Crippen LogP contribution < -0.4 is 16.8 Å². The monoisotopic (exact) mass is 370 g/mol. The number of nitrogens with zero attached hydrogens (tertiary/aromatic N) is 3. The maximum atomic E-state index is 12.3. The Balaban J connectivity index is 1.80. The van der Waals surface area contributed by atoms with E-state index in [2.05, 4.69) is 19.7 Å². The summed E-state index contributed by atoms with van der Waals surface area (Å²) in [6.45, 7) is 0. The summed E-state index contributed by atoms with van der Waals surface area (Å²) in [5, 5.41) is 2.62. The Bertz CT molecular complexity index is 1110. The van der Waals surface area contributed by atoms with Gasteiger partial charge < -0.3 is 16.8 Å². The lowest BCUT2D eigenvalue weighted by molar-refractivity contribution is 0.102. The molecule has 3 rings (SSSR count). The minimum Gasteiger partial charge on any atom is -0.369 e. The van der Waals surface area contributed by atoms with Crippen LogP contribution in [0, 0.1) is 0 Å². The Hall–Kier alpha value is -3.53. The van der Waals surface area contributed by atoms with Gasteiger partial charge >= 0.3 is 0 Å². The van der Waals surface area contributed by atoms with Gasteiger partial charge in [0, 0.05) is 5.69 Å². The van der Waals surface area contributed by atoms with E-state index in [1.54, 1.807) is 18.2 Å². The SMILES string of the molecule is NC(N)=NS(=O)(=O)c1ccc(NC(=O)c2cnc3ccccc3n2)cc1. The number of anilines is 1. The zero-order chi connectivity index (χ0) is 18.7. The number of hydrogen-bond donors (Lipinski definition) is 3. The number of carbonyl (C=O) groups excluding carboxylic acids is 1. The van der Waals surface area contributed by atoms with Crippen molar-refractivity contribution < 1.29 is 13.2 Å². The van der Waals surface area contributed by atoms with Gasteiger partial charge in [-0.25, -0.2) is 4.98 Å². The van der Waals surface area contributed by atoms with Crippen LogP contribution in [-0.2, 0) is 10.0 Å². The zero-order valence-corrected chi connectivity index (χ0v) is 14.1. The van der Waals surface area contributed by atoms with Crippen LogP contribution in [0.2, 0.25) is 0 Å². The molecule has 0 aliphatic heterocycles. The summed E-state index contributed by atoms with van der Waals surface area (Å²) in [4.78, 5) is 20.6. The second-order valence-corrected chi connectivity index (χ2v) is 6.82. The number of hydrogen-bond acceptors (Lipinski definition) is 5. The smallest absolute Gasteiger partial charge is 0.285 e. The first-order valence-electron chi connectivity index (χ1n) is 7.34. The highest BCUT2D eigenvalue weighted by Crippen LogP contribution is 2.17. The largest absolute Gasteiger partial charge is 0.369 e. The number of guanidine groups is 1. The molecule has 9 nitrogen and oxygen atoms in total. The lowest BCUT2D eigenvalue weighted by Crippen LogP contribution is -2.24. The standard InChI is InChI=1S/C16H14N6O3S/c17-16(18)22-26(24,25)11-7-5-10(6-8-11)20-15(23)14-9-19-12-3-1-2-4-13(12)21-14/h1-9H,(H,20,23)(H4,17,18,22). The first kappa shape index (κ1) is 17.3. The summed E-state index contributed by atoms with van der Waals surface area (Å²) < 4.78 is 26.9. The molecular weight excluding hydrogens is 356 g/mol. The summed E-state index contributed by atoms with van der Waals surface area (Å²) >= 11 is 0. The van der Waals surface area contributed by atoms with Crippen molar-refractivity contribution in [2.45, 2.75) is 4.90 Å². The van der Waals surface area contributed by atoms with Crippen molar-refractivity contribution in [2.75, 3.05) is 5.32 Å². The lowest BCUT2D eigenvalue weighted by Gasteiger charge is -2.06. The van der Waals surface area contributed by atoms with Crippen molar-refractivity contribution in [3.05, 3.63) is 60.4 Å². The van der Waals surface area contributed by atoms with E-state index in [1.807, 2.05) is 6.07 Å². The van der Waals surface area contributed by atoms with E-state index in [0.29, 0.717) is 16.7 Å². The highest BCUT2D eigenvalue weighted by atomic mass is 32.2. The summed E-state index contributed by atoms with van der Waals surface area (Å²) in [6, 6.07) is 12.6. The van der Waals surface area contributed by atoms with Crippen molar-refractivity contribution in [2.24, 2.45) is 15.9 Å².